The summed E-state index contributed by atoms with van der Waals surface area (Å²) in [4.78, 5) is 8.63. The molecule has 1 aromatic carbocycles. The minimum Gasteiger partial charge on any atom is -0.390 e. The van der Waals surface area contributed by atoms with Gasteiger partial charge in [0.05, 0.1) is 27.9 Å². The number of aliphatic hydroxyl groups is 1. The maximum absolute atomic E-state index is 14.9. The molecule has 1 N–H and O–H groups in total. The molecule has 2 aromatic heterocycles. The van der Waals surface area contributed by atoms with E-state index in [1.165, 1.54) is 16.0 Å². The van der Waals surface area contributed by atoms with Gasteiger partial charge in [0.2, 0.25) is 0 Å². The zero-order valence-corrected chi connectivity index (χ0v) is 13.5. The Morgan fingerprint density at radius 3 is 2.91 bits per heavy atom. The zero-order chi connectivity index (χ0) is 16.1. The third kappa shape index (κ3) is 2.34. The fourth-order valence-corrected chi connectivity index (χ4v) is 3.69. The van der Waals surface area contributed by atoms with Crippen molar-refractivity contribution in [3.8, 4) is 5.69 Å². The fraction of sp³-hybridized carbons (Fsp3) is 0.400. The van der Waals surface area contributed by atoms with Gasteiger partial charge in [0.25, 0.3) is 0 Å². The van der Waals surface area contributed by atoms with Crippen LogP contribution in [0.1, 0.15) is 29.2 Å². The highest BCUT2D eigenvalue weighted by Crippen LogP contribution is 2.32. The number of halogens is 1. The van der Waals surface area contributed by atoms with E-state index < -0.39 is 12.2 Å². The molecule has 1 fully saturated rings. The number of benzene rings is 1. The van der Waals surface area contributed by atoms with Gasteiger partial charge in [0.1, 0.15) is 17.6 Å². The minimum absolute atomic E-state index is 0.291. The highest BCUT2D eigenvalue weighted by Gasteiger charge is 2.33. The fourth-order valence-electron chi connectivity index (χ4n) is 2.84. The highest BCUT2D eigenvalue weighted by molar-refractivity contribution is 7.18. The molecule has 8 heteroatoms. The first kappa shape index (κ1) is 14.7. The average molecular weight is 334 g/mol. The molecule has 1 saturated heterocycles. The molecule has 2 atom stereocenters. The molecule has 0 saturated carbocycles. The third-order valence-corrected chi connectivity index (χ3v) is 4.84. The van der Waals surface area contributed by atoms with Gasteiger partial charge in [0, 0.05) is 0 Å². The molecule has 3 heterocycles. The smallest absolute Gasteiger partial charge is 0.168 e. The molecule has 120 valence electrons. The molecule has 3 aromatic rings. The highest BCUT2D eigenvalue weighted by atomic mass is 32.1. The van der Waals surface area contributed by atoms with Gasteiger partial charge in [-0.25, -0.2) is 19.0 Å². The molecule has 0 amide bonds. The van der Waals surface area contributed by atoms with E-state index in [9.17, 15) is 9.50 Å². The van der Waals surface area contributed by atoms with Crippen LogP contribution in [0.2, 0.25) is 0 Å². The lowest BCUT2D eigenvalue weighted by molar-refractivity contribution is 0.0343. The van der Waals surface area contributed by atoms with Crippen molar-refractivity contribution in [1.29, 1.82) is 0 Å². The first-order valence-electron chi connectivity index (χ1n) is 7.34. The number of aromatic nitrogens is 4. The number of nitrogens with zero attached hydrogens (tertiary/aromatic N) is 4. The normalized spacial score (nSPS) is 21.4. The summed E-state index contributed by atoms with van der Waals surface area (Å²) in [5.74, 6) is 0.543. The Morgan fingerprint density at radius 1 is 1.35 bits per heavy atom. The van der Waals surface area contributed by atoms with E-state index in [4.69, 9.17) is 4.74 Å². The van der Waals surface area contributed by atoms with Crippen LogP contribution in [-0.4, -0.2) is 37.6 Å². The van der Waals surface area contributed by atoms with Crippen molar-refractivity contribution in [1.82, 2.24) is 19.7 Å². The van der Waals surface area contributed by atoms with E-state index in [1.54, 1.807) is 19.1 Å². The van der Waals surface area contributed by atoms with Gasteiger partial charge in [-0.05, 0) is 32.4 Å². The number of thiazole rings is 1. The number of ether oxygens (including phenoxy) is 1. The van der Waals surface area contributed by atoms with E-state index >= 15 is 0 Å². The summed E-state index contributed by atoms with van der Waals surface area (Å²) in [6.07, 6.45) is -0.712. The Bertz CT molecular complexity index is 891. The van der Waals surface area contributed by atoms with Crippen molar-refractivity contribution in [2.45, 2.75) is 32.5 Å². The Kier molecular flexibility index (Phi) is 3.40. The minimum atomic E-state index is -0.658. The molecular formula is C15H15FN4O2S. The number of aryl methyl sites for hydroxylation is 2. The summed E-state index contributed by atoms with van der Waals surface area (Å²) in [6, 6.07) is 3.40. The van der Waals surface area contributed by atoms with Crippen molar-refractivity contribution < 1.29 is 14.2 Å². The monoisotopic (exact) mass is 334 g/mol. The predicted molar refractivity (Wildman–Crippen MR) is 83.3 cm³/mol. The molecule has 0 bridgehead atoms. The zero-order valence-electron chi connectivity index (χ0n) is 12.7. The lowest BCUT2D eigenvalue weighted by Gasteiger charge is -2.14. The SMILES string of the molecule is Cc1nc(C2OCC[C@@H]2O)n(-c2ccc3nc(C)sc3c2F)n1. The van der Waals surface area contributed by atoms with Gasteiger partial charge >= 0.3 is 0 Å². The van der Waals surface area contributed by atoms with Crippen LogP contribution in [0.3, 0.4) is 0 Å². The van der Waals surface area contributed by atoms with Crippen molar-refractivity contribution in [2.24, 2.45) is 0 Å². The lowest BCUT2D eigenvalue weighted by atomic mass is 10.2. The Balaban J connectivity index is 1.89. The van der Waals surface area contributed by atoms with E-state index in [0.29, 0.717) is 40.6 Å². The van der Waals surface area contributed by atoms with E-state index in [0.717, 1.165) is 5.01 Å². The van der Waals surface area contributed by atoms with Gasteiger partial charge in [-0.2, -0.15) is 5.10 Å². The van der Waals surface area contributed by atoms with Crippen LogP contribution in [0.15, 0.2) is 12.1 Å². The van der Waals surface area contributed by atoms with Crippen LogP contribution in [0.4, 0.5) is 4.39 Å². The Morgan fingerprint density at radius 2 is 2.17 bits per heavy atom. The summed E-state index contributed by atoms with van der Waals surface area (Å²) in [7, 11) is 0. The Labute approximate surface area is 135 Å². The van der Waals surface area contributed by atoms with Crippen molar-refractivity contribution in [3.05, 3.63) is 34.6 Å². The molecular weight excluding hydrogens is 319 g/mol. The third-order valence-electron chi connectivity index (χ3n) is 3.86. The summed E-state index contributed by atoms with van der Waals surface area (Å²) >= 11 is 1.30. The lowest BCUT2D eigenvalue weighted by Crippen LogP contribution is -2.18. The van der Waals surface area contributed by atoms with Crippen molar-refractivity contribution in [3.63, 3.8) is 0 Å². The van der Waals surface area contributed by atoms with E-state index in [-0.39, 0.29) is 5.82 Å². The molecule has 4 rings (SSSR count). The average Bonchev–Trinajstić information content (AvgIpc) is 3.18. The van der Waals surface area contributed by atoms with Gasteiger partial charge < -0.3 is 9.84 Å². The molecule has 0 aliphatic carbocycles. The van der Waals surface area contributed by atoms with Crippen LogP contribution in [0.5, 0.6) is 0 Å². The molecule has 0 radical (unpaired) electrons. The second kappa shape index (κ2) is 5.33. The first-order chi connectivity index (χ1) is 11.0. The number of hydrogen-bond donors (Lipinski definition) is 1. The van der Waals surface area contributed by atoms with Crippen LogP contribution in [0, 0.1) is 19.7 Å². The molecule has 1 aliphatic heterocycles. The van der Waals surface area contributed by atoms with Crippen molar-refractivity contribution >= 4 is 21.6 Å². The number of rotatable bonds is 2. The standard InChI is InChI=1S/C15H15FN4O2S/c1-7-17-15(13-11(21)5-6-22-13)20(19-7)10-4-3-9-14(12(10)16)23-8(2)18-9/h3-4,11,13,21H,5-6H2,1-2H3/t11-,13?/m0/s1. The maximum Gasteiger partial charge on any atom is 0.168 e. The van der Waals surface area contributed by atoms with Crippen LogP contribution < -0.4 is 0 Å². The first-order valence-corrected chi connectivity index (χ1v) is 8.15. The summed E-state index contributed by atoms with van der Waals surface area (Å²) in [5.41, 5.74) is 0.920. The molecule has 1 aliphatic rings. The van der Waals surface area contributed by atoms with E-state index in [2.05, 4.69) is 15.1 Å². The van der Waals surface area contributed by atoms with Crippen LogP contribution in [-0.2, 0) is 4.74 Å². The molecule has 6 nitrogen and oxygen atoms in total. The maximum atomic E-state index is 14.9. The Hall–Kier alpha value is -1.90. The number of fused-ring (bicyclic) bond motifs is 1. The van der Waals surface area contributed by atoms with Crippen LogP contribution >= 0.6 is 11.3 Å². The number of hydrogen-bond acceptors (Lipinski definition) is 6. The second-order valence-corrected chi connectivity index (χ2v) is 6.76. The van der Waals surface area contributed by atoms with Gasteiger partial charge in [0.15, 0.2) is 11.6 Å². The molecule has 23 heavy (non-hydrogen) atoms. The molecule has 0 spiro atoms. The summed E-state index contributed by atoms with van der Waals surface area (Å²) < 4.78 is 22.4. The van der Waals surface area contributed by atoms with Crippen molar-refractivity contribution in [2.75, 3.05) is 6.61 Å². The number of aliphatic hydroxyl groups excluding tert-OH is 1. The van der Waals surface area contributed by atoms with Gasteiger partial charge in [-0.15, -0.1) is 11.3 Å². The quantitative estimate of drug-likeness (QED) is 0.779. The van der Waals surface area contributed by atoms with Crippen LogP contribution in [0.25, 0.3) is 15.9 Å². The van der Waals surface area contributed by atoms with Gasteiger partial charge in [-0.3, -0.25) is 0 Å². The predicted octanol–water partition coefficient (Wildman–Crippen LogP) is 2.46. The largest absolute Gasteiger partial charge is 0.390 e. The molecule has 1 unspecified atom stereocenters. The van der Waals surface area contributed by atoms with E-state index in [1.807, 2.05) is 6.92 Å². The second-order valence-electron chi connectivity index (χ2n) is 5.56. The topological polar surface area (TPSA) is 73.1 Å². The summed E-state index contributed by atoms with van der Waals surface area (Å²) in [6.45, 7) is 4.03. The summed E-state index contributed by atoms with van der Waals surface area (Å²) in [5, 5.41) is 15.2. The van der Waals surface area contributed by atoms with Gasteiger partial charge in [-0.1, -0.05) is 0 Å².